The lowest BCUT2D eigenvalue weighted by Gasteiger charge is -2.39. The summed E-state index contributed by atoms with van der Waals surface area (Å²) in [6.45, 7) is 7.98. The molecule has 1 atom stereocenters. The van der Waals surface area contributed by atoms with Gasteiger partial charge >= 0.3 is 0 Å². The second-order valence-electron chi connectivity index (χ2n) is 8.73. The normalized spacial score (nSPS) is 21.1. The molecular weight excluding hydrogens is 399 g/mol. The molecule has 2 heterocycles. The van der Waals surface area contributed by atoms with Crippen LogP contribution in [-0.4, -0.2) is 34.3 Å². The van der Waals surface area contributed by atoms with Gasteiger partial charge in [0, 0.05) is 54.3 Å². The van der Waals surface area contributed by atoms with E-state index in [4.69, 9.17) is 23.2 Å². The minimum absolute atomic E-state index is 0.00799. The van der Waals surface area contributed by atoms with Gasteiger partial charge in [0.2, 0.25) is 0 Å². The lowest BCUT2D eigenvalue weighted by molar-refractivity contribution is -0.621. The zero-order valence-corrected chi connectivity index (χ0v) is 18.8. The van der Waals surface area contributed by atoms with Crippen molar-refractivity contribution in [2.45, 2.75) is 45.2 Å². The summed E-state index contributed by atoms with van der Waals surface area (Å²) >= 11 is 12.2. The Labute approximate surface area is 184 Å². The molecule has 2 aliphatic heterocycles. The topological polar surface area (TPSA) is 6.25 Å². The Morgan fingerprint density at radius 1 is 0.897 bits per heavy atom. The van der Waals surface area contributed by atoms with E-state index in [1.165, 1.54) is 42.8 Å². The Hall–Kier alpha value is -1.77. The van der Waals surface area contributed by atoms with Gasteiger partial charge in [0.15, 0.2) is 18.3 Å². The fourth-order valence-corrected chi connectivity index (χ4v) is 4.84. The van der Waals surface area contributed by atoms with E-state index < -0.39 is 0 Å². The number of hydrogen-bond acceptors (Lipinski definition) is 1. The number of hydrogen-bond donors (Lipinski definition) is 0. The maximum absolute atomic E-state index is 6.13. The predicted molar refractivity (Wildman–Crippen MR) is 123 cm³/mol. The maximum Gasteiger partial charge on any atom is 0.168 e. The van der Waals surface area contributed by atoms with Crippen LogP contribution in [0.15, 0.2) is 60.3 Å². The third-order valence-corrected chi connectivity index (χ3v) is 6.97. The molecule has 0 radical (unpaired) electrons. The van der Waals surface area contributed by atoms with Crippen LogP contribution >= 0.6 is 23.2 Å². The van der Waals surface area contributed by atoms with Crippen molar-refractivity contribution in [2.75, 3.05) is 13.1 Å². The van der Waals surface area contributed by atoms with Gasteiger partial charge in [-0.3, -0.25) is 0 Å². The minimum atomic E-state index is -0.00799. The molecule has 2 aliphatic rings. The molecule has 2 aromatic rings. The van der Waals surface area contributed by atoms with E-state index in [0.717, 1.165) is 23.0 Å². The van der Waals surface area contributed by atoms with Crippen LogP contribution in [0.1, 0.15) is 37.8 Å². The lowest BCUT2D eigenvalue weighted by Crippen LogP contribution is -2.50. The van der Waals surface area contributed by atoms with Gasteiger partial charge < -0.3 is 4.90 Å². The summed E-state index contributed by atoms with van der Waals surface area (Å²) in [5, 5.41) is 1.58. The zero-order valence-electron chi connectivity index (χ0n) is 17.2. The van der Waals surface area contributed by atoms with Crippen LogP contribution in [0, 0.1) is 5.92 Å². The number of likely N-dealkylation sites (tertiary alicyclic amines) is 1. The van der Waals surface area contributed by atoms with Crippen molar-refractivity contribution in [3.8, 4) is 0 Å². The highest BCUT2D eigenvalue weighted by molar-refractivity contribution is 6.30. The van der Waals surface area contributed by atoms with Crippen molar-refractivity contribution in [2.24, 2.45) is 5.92 Å². The summed E-state index contributed by atoms with van der Waals surface area (Å²) in [6.07, 6.45) is 8.24. The Morgan fingerprint density at radius 2 is 1.45 bits per heavy atom. The number of halogens is 2. The molecule has 0 amide bonds. The Bertz CT molecular complexity index is 905. The fraction of sp³-hybridized carbons (Fsp3) is 0.400. The van der Waals surface area contributed by atoms with Gasteiger partial charge in [-0.2, -0.15) is 0 Å². The third-order valence-electron chi connectivity index (χ3n) is 6.47. The number of nitrogens with zero attached hydrogens (tertiary/aromatic N) is 2. The summed E-state index contributed by atoms with van der Waals surface area (Å²) in [7, 11) is 0. The van der Waals surface area contributed by atoms with Crippen LogP contribution in [0.5, 0.6) is 0 Å². The number of allylic oxidation sites excluding steroid dienone is 1. The number of rotatable bonds is 5. The van der Waals surface area contributed by atoms with E-state index in [9.17, 15) is 0 Å². The molecule has 0 saturated carbocycles. The summed E-state index contributed by atoms with van der Waals surface area (Å²) in [4.78, 5) is 2.60. The Balaban J connectivity index is 1.66. The summed E-state index contributed by atoms with van der Waals surface area (Å²) in [5.41, 5.74) is 4.09. The van der Waals surface area contributed by atoms with Crippen molar-refractivity contribution in [3.63, 3.8) is 0 Å². The van der Waals surface area contributed by atoms with Crippen LogP contribution in [0.3, 0.4) is 0 Å². The van der Waals surface area contributed by atoms with Gasteiger partial charge in [-0.25, -0.2) is 4.58 Å². The van der Waals surface area contributed by atoms with E-state index in [-0.39, 0.29) is 5.54 Å². The molecule has 1 unspecified atom stereocenters. The zero-order chi connectivity index (χ0) is 20.4. The molecule has 2 nitrogen and oxygen atoms in total. The van der Waals surface area contributed by atoms with E-state index >= 15 is 0 Å². The van der Waals surface area contributed by atoms with Crippen LogP contribution in [-0.2, 0) is 13.0 Å². The van der Waals surface area contributed by atoms with Gasteiger partial charge in [-0.1, -0.05) is 47.5 Å². The van der Waals surface area contributed by atoms with Gasteiger partial charge in [0.05, 0.1) is 5.92 Å². The molecule has 2 aromatic carbocycles. The molecule has 4 rings (SSSR count). The first kappa shape index (κ1) is 20.5. The van der Waals surface area contributed by atoms with E-state index in [1.807, 2.05) is 24.3 Å². The smallest absolute Gasteiger partial charge is 0.168 e. The third kappa shape index (κ3) is 4.54. The summed E-state index contributed by atoms with van der Waals surface area (Å²) in [5.74, 6) is 0.416. The van der Waals surface area contributed by atoms with Crippen molar-refractivity contribution < 1.29 is 4.58 Å². The molecule has 152 valence electrons. The van der Waals surface area contributed by atoms with Gasteiger partial charge in [0.1, 0.15) is 0 Å². The second kappa shape index (κ2) is 8.53. The summed E-state index contributed by atoms with van der Waals surface area (Å²) in [6, 6.07) is 16.5. The van der Waals surface area contributed by atoms with E-state index in [0.29, 0.717) is 5.92 Å². The molecular formula is C25H29Cl2N2+. The first-order chi connectivity index (χ1) is 13.9. The molecule has 0 spiro atoms. The fourth-order valence-electron chi connectivity index (χ4n) is 4.59. The van der Waals surface area contributed by atoms with Crippen molar-refractivity contribution in [1.82, 2.24) is 4.90 Å². The summed E-state index contributed by atoms with van der Waals surface area (Å²) < 4.78 is 2.48. The second-order valence-corrected chi connectivity index (χ2v) is 9.60. The average molecular weight is 428 g/mol. The highest BCUT2D eigenvalue weighted by Gasteiger charge is 2.45. The molecule has 4 heteroatoms. The highest BCUT2D eigenvalue weighted by Crippen LogP contribution is 2.37. The quantitative estimate of drug-likeness (QED) is 0.514. The van der Waals surface area contributed by atoms with Gasteiger partial charge in [-0.05, 0) is 49.1 Å². The maximum atomic E-state index is 6.13. The Morgan fingerprint density at radius 3 is 2.03 bits per heavy atom. The Kier molecular flexibility index (Phi) is 6.03. The molecule has 1 fully saturated rings. The minimum Gasteiger partial charge on any atom is -0.374 e. The van der Waals surface area contributed by atoms with Gasteiger partial charge in [0.25, 0.3) is 0 Å². The standard InChI is InChI=1S/C25H29Cl2N2/c1-25(2)23(17-19-5-9-21(26)10-6-19)24(28-14-3-4-15-28)13-16-29(25)18-20-7-11-22(27)12-8-20/h5-13,16,23H,3-4,14-15,17-18H2,1-2H3/q+1. The first-order valence-corrected chi connectivity index (χ1v) is 11.2. The highest BCUT2D eigenvalue weighted by atomic mass is 35.5. The molecule has 29 heavy (non-hydrogen) atoms. The average Bonchev–Trinajstić information content (AvgIpc) is 3.23. The van der Waals surface area contributed by atoms with Crippen molar-refractivity contribution >= 4 is 29.4 Å². The predicted octanol–water partition coefficient (Wildman–Crippen LogP) is 6.21. The molecule has 0 aliphatic carbocycles. The largest absolute Gasteiger partial charge is 0.374 e. The SMILES string of the molecule is CC1(C)C(Cc2ccc(Cl)cc2)C(N2CCCC2)=CC=[N+]1Cc1ccc(Cl)cc1. The molecule has 1 saturated heterocycles. The van der Waals surface area contributed by atoms with Crippen molar-refractivity contribution in [1.29, 1.82) is 0 Å². The lowest BCUT2D eigenvalue weighted by atomic mass is 9.77. The van der Waals surface area contributed by atoms with Crippen LogP contribution in [0.4, 0.5) is 0 Å². The molecule has 0 aromatic heterocycles. The molecule has 0 bridgehead atoms. The van der Waals surface area contributed by atoms with Crippen LogP contribution in [0.2, 0.25) is 10.0 Å². The molecule has 0 N–H and O–H groups in total. The van der Waals surface area contributed by atoms with Crippen LogP contribution in [0.25, 0.3) is 0 Å². The van der Waals surface area contributed by atoms with Gasteiger partial charge in [-0.15, -0.1) is 0 Å². The number of benzene rings is 2. The first-order valence-electron chi connectivity index (χ1n) is 10.5. The van der Waals surface area contributed by atoms with E-state index in [1.54, 1.807) is 0 Å². The van der Waals surface area contributed by atoms with Crippen molar-refractivity contribution in [3.05, 3.63) is 81.5 Å². The van der Waals surface area contributed by atoms with Crippen LogP contribution < -0.4 is 0 Å². The monoisotopic (exact) mass is 427 g/mol. The van der Waals surface area contributed by atoms with E-state index in [2.05, 4.69) is 59.9 Å².